The molecule has 1 aromatic carbocycles. The van der Waals surface area contributed by atoms with Gasteiger partial charge in [-0.15, -0.1) is 0 Å². The van der Waals surface area contributed by atoms with Gasteiger partial charge >= 0.3 is 0 Å². The summed E-state index contributed by atoms with van der Waals surface area (Å²) in [5.41, 5.74) is 0.651. The van der Waals surface area contributed by atoms with Crippen molar-refractivity contribution in [3.8, 4) is 0 Å². The predicted molar refractivity (Wildman–Crippen MR) is 229 cm³/mol. The number of nitrogens with zero attached hydrogens (tertiary/aromatic N) is 5. The molecule has 0 fully saturated rings. The minimum absolute atomic E-state index is 0.0184. The van der Waals surface area contributed by atoms with E-state index in [-0.39, 0.29) is 53.9 Å². The van der Waals surface area contributed by atoms with Crippen molar-refractivity contribution in [3.63, 3.8) is 0 Å². The van der Waals surface area contributed by atoms with Crippen LogP contribution in [0.4, 0.5) is 0 Å². The second kappa shape index (κ2) is 22.9. The largest absolute Gasteiger partial charge is 0.387 e. The Bertz CT molecular complexity index is 1520. The molecule has 0 bridgehead atoms. The summed E-state index contributed by atoms with van der Waals surface area (Å²) >= 11 is 0. The quantitative estimate of drug-likeness (QED) is 0.170. The van der Waals surface area contributed by atoms with E-state index in [4.69, 9.17) is 0 Å². The standard InChI is InChI=1S/C44H77N7O7/c1-25(2)33(45-13)40(54)48(15)35(27(5)6)42(56)50(17)37(29(9)10)44(58)51(18)38(30(11)12)43(57)49(16)36(28(7)8)41(55)47(14)34(26(3)4)39(53)46-24-32(52)31-22-20-19-21-23-31/h19-23,25-30,32-38,45,52H,24H2,1-18H3,(H,46,53)/t32?,33-,34-,35-,36-,37-,38-/m0/s1. The lowest BCUT2D eigenvalue weighted by molar-refractivity contribution is -0.158. The second-order valence-corrected chi connectivity index (χ2v) is 17.9. The molecule has 0 heterocycles. The zero-order chi connectivity index (χ0) is 45.1. The van der Waals surface area contributed by atoms with Gasteiger partial charge in [0.2, 0.25) is 35.4 Å². The third-order valence-corrected chi connectivity index (χ3v) is 11.2. The van der Waals surface area contributed by atoms with Gasteiger partial charge in [0.15, 0.2) is 0 Å². The third kappa shape index (κ3) is 12.7. The normalized spacial score (nSPS) is 15.5. The van der Waals surface area contributed by atoms with Gasteiger partial charge in [-0.1, -0.05) is 113 Å². The molecular weight excluding hydrogens is 739 g/mol. The number of aliphatic hydroxyl groups is 1. The molecule has 7 atom stereocenters. The number of carbonyl (C=O) groups is 6. The Morgan fingerprint density at radius 2 is 0.776 bits per heavy atom. The van der Waals surface area contributed by atoms with E-state index in [1.807, 2.05) is 89.2 Å². The molecule has 58 heavy (non-hydrogen) atoms. The van der Waals surface area contributed by atoms with Gasteiger partial charge in [-0.25, -0.2) is 0 Å². The van der Waals surface area contributed by atoms with Crippen molar-refractivity contribution in [2.45, 2.75) is 125 Å². The summed E-state index contributed by atoms with van der Waals surface area (Å²) < 4.78 is 0. The van der Waals surface area contributed by atoms with Gasteiger partial charge in [0.05, 0.1) is 12.1 Å². The van der Waals surface area contributed by atoms with Crippen LogP contribution >= 0.6 is 0 Å². The monoisotopic (exact) mass is 816 g/mol. The predicted octanol–water partition coefficient (Wildman–Crippen LogP) is 3.50. The first-order valence-electron chi connectivity index (χ1n) is 20.8. The summed E-state index contributed by atoms with van der Waals surface area (Å²) in [5, 5.41) is 16.5. The third-order valence-electron chi connectivity index (χ3n) is 11.2. The van der Waals surface area contributed by atoms with Gasteiger partial charge in [0, 0.05) is 41.8 Å². The molecule has 1 aromatic rings. The molecule has 14 heteroatoms. The zero-order valence-electron chi connectivity index (χ0n) is 38.7. The van der Waals surface area contributed by atoms with Gasteiger partial charge in [0.25, 0.3) is 0 Å². The number of aliphatic hydroxyl groups excluding tert-OH is 1. The first kappa shape index (κ1) is 52.0. The number of nitrogens with one attached hydrogen (secondary N) is 2. The van der Waals surface area contributed by atoms with Crippen molar-refractivity contribution < 1.29 is 33.9 Å². The number of likely N-dealkylation sites (N-methyl/N-ethyl adjacent to an activating group) is 6. The van der Waals surface area contributed by atoms with Crippen molar-refractivity contribution in [3.05, 3.63) is 35.9 Å². The molecule has 3 N–H and O–H groups in total. The smallest absolute Gasteiger partial charge is 0.246 e. The van der Waals surface area contributed by atoms with Crippen LogP contribution in [-0.4, -0.2) is 150 Å². The Balaban J connectivity index is 3.45. The molecule has 0 aliphatic carbocycles. The lowest BCUT2D eigenvalue weighted by Gasteiger charge is -2.43. The lowest BCUT2D eigenvalue weighted by Crippen LogP contribution is -2.63. The molecule has 0 aliphatic rings. The zero-order valence-corrected chi connectivity index (χ0v) is 38.7. The highest BCUT2D eigenvalue weighted by atomic mass is 16.3. The van der Waals surface area contributed by atoms with E-state index in [0.717, 1.165) is 0 Å². The van der Waals surface area contributed by atoms with Crippen molar-refractivity contribution in [2.24, 2.45) is 35.5 Å². The molecule has 330 valence electrons. The first-order valence-corrected chi connectivity index (χ1v) is 20.8. The van der Waals surface area contributed by atoms with Gasteiger partial charge in [-0.05, 0) is 48.1 Å². The molecule has 0 radical (unpaired) electrons. The summed E-state index contributed by atoms with van der Waals surface area (Å²) in [5.74, 6) is -4.09. The number of benzene rings is 1. The van der Waals surface area contributed by atoms with Gasteiger partial charge in [0.1, 0.15) is 30.2 Å². The van der Waals surface area contributed by atoms with E-state index in [1.54, 1.807) is 66.6 Å². The topological polar surface area (TPSA) is 163 Å². The fourth-order valence-electron chi connectivity index (χ4n) is 8.09. The van der Waals surface area contributed by atoms with Crippen LogP contribution in [0.25, 0.3) is 0 Å². The van der Waals surface area contributed by atoms with Crippen molar-refractivity contribution in [2.75, 3.05) is 48.8 Å². The minimum Gasteiger partial charge on any atom is -0.387 e. The number of hydrogen-bond acceptors (Lipinski definition) is 8. The maximum atomic E-state index is 14.6. The van der Waals surface area contributed by atoms with Crippen LogP contribution in [0.2, 0.25) is 0 Å². The number of amides is 6. The van der Waals surface area contributed by atoms with Crippen LogP contribution in [-0.2, 0) is 28.8 Å². The van der Waals surface area contributed by atoms with Crippen LogP contribution in [0, 0.1) is 35.5 Å². The maximum Gasteiger partial charge on any atom is 0.246 e. The summed E-state index contributed by atoms with van der Waals surface area (Å²) in [4.78, 5) is 91.9. The van der Waals surface area contributed by atoms with E-state index in [1.165, 1.54) is 24.5 Å². The molecule has 0 aliphatic heterocycles. The summed E-state index contributed by atoms with van der Waals surface area (Å²) in [6, 6.07) is 3.77. The Labute approximate surface area is 349 Å². The molecule has 6 amide bonds. The average molecular weight is 816 g/mol. The fraction of sp³-hybridized carbons (Fsp3) is 0.727. The Morgan fingerprint density at radius 1 is 0.483 bits per heavy atom. The SMILES string of the molecule is CN[C@H](C(=O)N(C)[C@H](C(=O)N(C)[C@H](C(=O)N(C)[C@H](C(=O)N(C)[C@H](C(=O)N(C)[C@H](C(=O)NCC(O)c1ccccc1)C(C)C)C(C)C)C(C)C)C(C)C)C(C)C)C(C)C. The second-order valence-electron chi connectivity index (χ2n) is 17.9. The minimum atomic E-state index is -1.00. The molecule has 14 nitrogen and oxygen atoms in total. The highest BCUT2D eigenvalue weighted by Crippen LogP contribution is 2.25. The van der Waals surface area contributed by atoms with Crippen LogP contribution < -0.4 is 10.6 Å². The van der Waals surface area contributed by atoms with Crippen LogP contribution in [0.15, 0.2) is 30.3 Å². The molecular formula is C44H77N7O7. The molecule has 0 saturated heterocycles. The summed E-state index contributed by atoms with van der Waals surface area (Å²) in [6.07, 6.45) is -0.935. The lowest BCUT2D eigenvalue weighted by atomic mass is 9.93. The molecule has 0 spiro atoms. The van der Waals surface area contributed by atoms with E-state index in [9.17, 15) is 33.9 Å². The summed E-state index contributed by atoms with van der Waals surface area (Å²) in [6.45, 7) is 22.1. The Morgan fingerprint density at radius 3 is 1.05 bits per heavy atom. The first-order chi connectivity index (χ1) is 26.8. The maximum absolute atomic E-state index is 14.6. The molecule has 0 aromatic heterocycles. The van der Waals surface area contributed by atoms with Crippen LogP contribution in [0.3, 0.4) is 0 Å². The van der Waals surface area contributed by atoms with Crippen molar-refractivity contribution >= 4 is 35.4 Å². The van der Waals surface area contributed by atoms with Gasteiger partial charge < -0.3 is 40.2 Å². The Kier molecular flexibility index (Phi) is 20.6. The number of carbonyl (C=O) groups excluding carboxylic acids is 6. The van der Waals surface area contributed by atoms with Gasteiger partial charge in [-0.2, -0.15) is 0 Å². The number of rotatable bonds is 21. The summed E-state index contributed by atoms with van der Waals surface area (Å²) in [7, 11) is 9.52. The average Bonchev–Trinajstić information content (AvgIpc) is 3.13. The molecule has 1 rings (SSSR count). The van der Waals surface area contributed by atoms with Crippen molar-refractivity contribution in [1.29, 1.82) is 0 Å². The molecule has 1 unspecified atom stereocenters. The number of hydrogen-bond donors (Lipinski definition) is 3. The van der Waals surface area contributed by atoms with E-state index in [0.29, 0.717) is 5.56 Å². The van der Waals surface area contributed by atoms with Crippen molar-refractivity contribution in [1.82, 2.24) is 35.1 Å². The fourth-order valence-corrected chi connectivity index (χ4v) is 8.09. The van der Waals surface area contributed by atoms with Gasteiger partial charge in [-0.3, -0.25) is 28.8 Å². The van der Waals surface area contributed by atoms with E-state index < -0.39 is 66.0 Å². The molecule has 0 saturated carbocycles. The van der Waals surface area contributed by atoms with Crippen LogP contribution in [0.5, 0.6) is 0 Å². The highest BCUT2D eigenvalue weighted by molar-refractivity contribution is 5.97. The van der Waals surface area contributed by atoms with E-state index >= 15 is 0 Å². The Hall–Kier alpha value is -4.04. The van der Waals surface area contributed by atoms with E-state index in [2.05, 4.69) is 10.6 Å². The van der Waals surface area contributed by atoms with Crippen LogP contribution in [0.1, 0.15) is 94.8 Å². The highest BCUT2D eigenvalue weighted by Gasteiger charge is 2.45.